The third-order valence-electron chi connectivity index (χ3n) is 2.02. The third-order valence-corrected chi connectivity index (χ3v) is 2.02. The molecule has 0 aliphatic rings. The Morgan fingerprint density at radius 1 is 1.00 bits per heavy atom. The molecule has 0 bridgehead atoms. The molecular formula is C12H22O2. The predicted octanol–water partition coefficient (Wildman–Crippen LogP) is 3.31. The van der Waals surface area contributed by atoms with Gasteiger partial charge in [-0.15, -0.1) is 0 Å². The zero-order chi connectivity index (χ0) is 11.7. The highest BCUT2D eigenvalue weighted by Crippen LogP contribution is 2.09. The molecule has 0 spiro atoms. The topological polar surface area (TPSA) is 34.1 Å². The van der Waals surface area contributed by atoms with Crippen molar-refractivity contribution in [2.75, 3.05) is 0 Å². The molecule has 0 N–H and O–H groups in total. The van der Waals surface area contributed by atoms with E-state index in [4.69, 9.17) is 0 Å². The van der Waals surface area contributed by atoms with Gasteiger partial charge in [0.1, 0.15) is 5.78 Å². The van der Waals surface area contributed by atoms with E-state index in [1.54, 1.807) is 6.92 Å². The maximum absolute atomic E-state index is 11.0. The molecule has 0 aromatic carbocycles. The normalized spacial score (nSPS) is 11.0. The van der Waals surface area contributed by atoms with Crippen LogP contribution in [0.4, 0.5) is 0 Å². The van der Waals surface area contributed by atoms with Gasteiger partial charge in [-0.3, -0.25) is 9.59 Å². The number of carbonyl (C=O) groups excluding carboxylic acids is 2. The Balaban J connectivity index is 0. The molecule has 14 heavy (non-hydrogen) atoms. The Labute approximate surface area is 87.4 Å². The SMILES string of the molecule is CC.CCC(=O)C/C(C)=C(/C)C(C)=O. The first-order valence-corrected chi connectivity index (χ1v) is 5.18. The highest BCUT2D eigenvalue weighted by atomic mass is 16.1. The molecule has 0 radical (unpaired) electrons. The van der Waals surface area contributed by atoms with Crippen molar-refractivity contribution < 1.29 is 9.59 Å². The maximum atomic E-state index is 11.0. The van der Waals surface area contributed by atoms with Crippen molar-refractivity contribution in [1.29, 1.82) is 0 Å². The number of allylic oxidation sites excluding steroid dienone is 2. The van der Waals surface area contributed by atoms with E-state index in [1.165, 1.54) is 6.92 Å². The van der Waals surface area contributed by atoms with Crippen LogP contribution in [0.15, 0.2) is 11.1 Å². The summed E-state index contributed by atoms with van der Waals surface area (Å²) >= 11 is 0. The quantitative estimate of drug-likeness (QED) is 0.649. The zero-order valence-electron chi connectivity index (χ0n) is 10.2. The number of ketones is 2. The van der Waals surface area contributed by atoms with Crippen LogP contribution in [0.3, 0.4) is 0 Å². The van der Waals surface area contributed by atoms with Gasteiger partial charge in [0.15, 0.2) is 5.78 Å². The zero-order valence-corrected chi connectivity index (χ0v) is 10.2. The summed E-state index contributed by atoms with van der Waals surface area (Å²) in [4.78, 5) is 21.9. The van der Waals surface area contributed by atoms with Gasteiger partial charge in [-0.2, -0.15) is 0 Å². The van der Waals surface area contributed by atoms with Crippen molar-refractivity contribution in [2.24, 2.45) is 0 Å². The molecule has 0 heterocycles. The summed E-state index contributed by atoms with van der Waals surface area (Å²) in [6, 6.07) is 0. The Hall–Kier alpha value is -0.920. The molecule has 0 rings (SSSR count). The van der Waals surface area contributed by atoms with E-state index in [0.717, 1.165) is 11.1 Å². The monoisotopic (exact) mass is 198 g/mol. The van der Waals surface area contributed by atoms with Gasteiger partial charge >= 0.3 is 0 Å². The Morgan fingerprint density at radius 3 is 1.71 bits per heavy atom. The number of hydrogen-bond acceptors (Lipinski definition) is 2. The number of rotatable bonds is 4. The van der Waals surface area contributed by atoms with Gasteiger partial charge in [0.2, 0.25) is 0 Å². The summed E-state index contributed by atoms with van der Waals surface area (Å²) in [5.74, 6) is 0.240. The lowest BCUT2D eigenvalue weighted by atomic mass is 10.0. The fraction of sp³-hybridized carbons (Fsp3) is 0.667. The second kappa shape index (κ2) is 8.67. The van der Waals surface area contributed by atoms with E-state index in [-0.39, 0.29) is 11.6 Å². The van der Waals surface area contributed by atoms with E-state index < -0.39 is 0 Å². The van der Waals surface area contributed by atoms with Crippen LogP contribution in [0.2, 0.25) is 0 Å². The fourth-order valence-corrected chi connectivity index (χ4v) is 0.854. The minimum Gasteiger partial charge on any atom is -0.299 e. The lowest BCUT2D eigenvalue weighted by Gasteiger charge is -2.02. The summed E-state index contributed by atoms with van der Waals surface area (Å²) in [5, 5.41) is 0. The third kappa shape index (κ3) is 6.58. The van der Waals surface area contributed by atoms with Crippen LogP contribution in [-0.2, 0) is 9.59 Å². The molecule has 2 heteroatoms. The predicted molar refractivity (Wildman–Crippen MR) is 60.3 cm³/mol. The molecule has 0 aromatic heterocycles. The van der Waals surface area contributed by atoms with Crippen molar-refractivity contribution in [2.45, 2.75) is 54.4 Å². The molecule has 0 fully saturated rings. The Bertz CT molecular complexity index is 224. The summed E-state index contributed by atoms with van der Waals surface area (Å²) in [7, 11) is 0. The second-order valence-electron chi connectivity index (χ2n) is 3.03. The molecule has 82 valence electrons. The standard InChI is InChI=1S/C10H16O2.C2H6/c1-5-10(12)6-7(2)8(3)9(4)11;1-2/h5-6H2,1-4H3;1-2H3/b8-7-;. The molecule has 0 aromatic rings. The lowest BCUT2D eigenvalue weighted by Crippen LogP contribution is -2.01. The van der Waals surface area contributed by atoms with Gasteiger partial charge in [0.05, 0.1) is 0 Å². The van der Waals surface area contributed by atoms with Crippen LogP contribution in [0, 0.1) is 0 Å². The summed E-state index contributed by atoms with van der Waals surface area (Å²) in [6.45, 7) is 11.0. The van der Waals surface area contributed by atoms with Gasteiger partial charge < -0.3 is 0 Å². The van der Waals surface area contributed by atoms with E-state index in [2.05, 4.69) is 0 Å². The smallest absolute Gasteiger partial charge is 0.155 e. The molecule has 0 aliphatic carbocycles. The van der Waals surface area contributed by atoms with Gasteiger partial charge in [-0.1, -0.05) is 26.3 Å². The average Bonchev–Trinajstić information content (AvgIpc) is 2.19. The second-order valence-corrected chi connectivity index (χ2v) is 3.03. The molecule has 2 nitrogen and oxygen atoms in total. The first kappa shape index (κ1) is 15.5. The minimum absolute atomic E-state index is 0.0522. The first-order chi connectivity index (χ1) is 6.49. The van der Waals surface area contributed by atoms with Gasteiger partial charge in [0.25, 0.3) is 0 Å². The fourth-order valence-electron chi connectivity index (χ4n) is 0.854. The maximum Gasteiger partial charge on any atom is 0.155 e. The van der Waals surface area contributed by atoms with Crippen LogP contribution in [-0.4, -0.2) is 11.6 Å². The molecular weight excluding hydrogens is 176 g/mol. The van der Waals surface area contributed by atoms with E-state index in [1.807, 2.05) is 27.7 Å². The summed E-state index contributed by atoms with van der Waals surface area (Å²) < 4.78 is 0. The van der Waals surface area contributed by atoms with Crippen LogP contribution in [0.25, 0.3) is 0 Å². The van der Waals surface area contributed by atoms with Crippen LogP contribution < -0.4 is 0 Å². The minimum atomic E-state index is 0.0522. The van der Waals surface area contributed by atoms with Crippen molar-refractivity contribution >= 4 is 11.6 Å². The Kier molecular flexibility index (Phi) is 9.63. The van der Waals surface area contributed by atoms with Crippen LogP contribution >= 0.6 is 0 Å². The molecule has 0 atom stereocenters. The van der Waals surface area contributed by atoms with Crippen LogP contribution in [0.5, 0.6) is 0 Å². The van der Waals surface area contributed by atoms with E-state index in [9.17, 15) is 9.59 Å². The average molecular weight is 198 g/mol. The highest BCUT2D eigenvalue weighted by Gasteiger charge is 2.05. The summed E-state index contributed by atoms with van der Waals surface area (Å²) in [5.41, 5.74) is 1.62. The molecule has 0 aliphatic heterocycles. The number of carbonyl (C=O) groups is 2. The molecule has 0 amide bonds. The first-order valence-electron chi connectivity index (χ1n) is 5.18. The van der Waals surface area contributed by atoms with Crippen molar-refractivity contribution in [3.8, 4) is 0 Å². The lowest BCUT2D eigenvalue weighted by molar-refractivity contribution is -0.118. The number of hydrogen-bond donors (Lipinski definition) is 0. The number of Topliss-reactive ketones (excluding diaryl/α,β-unsaturated/α-hetero) is 2. The van der Waals surface area contributed by atoms with Gasteiger partial charge in [-0.05, 0) is 26.3 Å². The van der Waals surface area contributed by atoms with E-state index in [0.29, 0.717) is 12.8 Å². The van der Waals surface area contributed by atoms with Gasteiger partial charge in [-0.25, -0.2) is 0 Å². The highest BCUT2D eigenvalue weighted by molar-refractivity contribution is 5.94. The van der Waals surface area contributed by atoms with Crippen molar-refractivity contribution in [3.05, 3.63) is 11.1 Å². The van der Waals surface area contributed by atoms with E-state index >= 15 is 0 Å². The summed E-state index contributed by atoms with van der Waals surface area (Å²) in [6.07, 6.45) is 0.963. The van der Waals surface area contributed by atoms with Crippen molar-refractivity contribution in [1.82, 2.24) is 0 Å². The van der Waals surface area contributed by atoms with Crippen LogP contribution in [0.1, 0.15) is 54.4 Å². The Morgan fingerprint density at radius 2 is 1.43 bits per heavy atom. The van der Waals surface area contributed by atoms with Gasteiger partial charge in [0, 0.05) is 12.8 Å². The molecule has 0 saturated carbocycles. The van der Waals surface area contributed by atoms with Crippen molar-refractivity contribution in [3.63, 3.8) is 0 Å². The largest absolute Gasteiger partial charge is 0.299 e. The molecule has 0 unspecified atom stereocenters. The molecule has 0 saturated heterocycles.